The van der Waals surface area contributed by atoms with Gasteiger partial charge in [0.2, 0.25) is 5.91 Å². The van der Waals surface area contributed by atoms with Gasteiger partial charge in [0.25, 0.3) is 5.56 Å². The molecule has 1 atom stereocenters. The quantitative estimate of drug-likeness (QED) is 0.776. The molecule has 6 heteroatoms. The Kier molecular flexibility index (Phi) is 4.20. The predicted octanol–water partition coefficient (Wildman–Crippen LogP) is 3.14. The van der Waals surface area contributed by atoms with Crippen molar-refractivity contribution < 1.29 is 4.79 Å². The largest absolute Gasteiger partial charge is 0.319 e. The Morgan fingerprint density at radius 3 is 2.54 bits per heavy atom. The highest BCUT2D eigenvalue weighted by Gasteiger charge is 2.29. The summed E-state index contributed by atoms with van der Waals surface area (Å²) in [4.78, 5) is 26.8. The van der Waals surface area contributed by atoms with E-state index in [4.69, 9.17) is 0 Å². The molecule has 132 valence electrons. The van der Waals surface area contributed by atoms with Crippen LogP contribution in [0.15, 0.2) is 64.3 Å². The molecule has 0 aliphatic carbocycles. The highest BCUT2D eigenvalue weighted by Crippen LogP contribution is 2.37. The molecular formula is C20H19N3O2S. The summed E-state index contributed by atoms with van der Waals surface area (Å²) in [7, 11) is 1.82. The second-order valence-corrected chi connectivity index (χ2v) is 7.59. The lowest BCUT2D eigenvalue weighted by molar-refractivity contribution is -0.115. The van der Waals surface area contributed by atoms with Gasteiger partial charge in [-0.2, -0.15) is 0 Å². The minimum atomic E-state index is -0.218. The number of benzene rings is 2. The van der Waals surface area contributed by atoms with Crippen LogP contribution in [0.3, 0.4) is 0 Å². The van der Waals surface area contributed by atoms with E-state index in [0.29, 0.717) is 12.1 Å². The Bertz CT molecular complexity index is 1010. The molecule has 0 saturated carbocycles. The van der Waals surface area contributed by atoms with Gasteiger partial charge in [0.05, 0.1) is 16.6 Å². The van der Waals surface area contributed by atoms with Gasteiger partial charge in [0, 0.05) is 11.9 Å². The number of amides is 1. The van der Waals surface area contributed by atoms with Gasteiger partial charge in [-0.3, -0.25) is 14.3 Å². The van der Waals surface area contributed by atoms with E-state index >= 15 is 0 Å². The van der Waals surface area contributed by atoms with Crippen LogP contribution >= 0.6 is 11.8 Å². The minimum Gasteiger partial charge on any atom is -0.319 e. The molecule has 2 heterocycles. The summed E-state index contributed by atoms with van der Waals surface area (Å²) in [5, 5.41) is 2.66. The van der Waals surface area contributed by atoms with E-state index in [-0.39, 0.29) is 16.7 Å². The monoisotopic (exact) mass is 365 g/mol. The van der Waals surface area contributed by atoms with Crippen molar-refractivity contribution in [3.8, 4) is 5.69 Å². The van der Waals surface area contributed by atoms with E-state index in [2.05, 4.69) is 5.32 Å². The molecule has 0 spiro atoms. The fourth-order valence-corrected chi connectivity index (χ4v) is 4.44. The molecule has 26 heavy (non-hydrogen) atoms. The van der Waals surface area contributed by atoms with Gasteiger partial charge in [-0.15, -0.1) is 11.8 Å². The van der Waals surface area contributed by atoms with Crippen LogP contribution in [-0.4, -0.2) is 20.5 Å². The van der Waals surface area contributed by atoms with Gasteiger partial charge in [0.15, 0.2) is 0 Å². The average molecular weight is 365 g/mol. The first kappa shape index (κ1) is 16.7. The van der Waals surface area contributed by atoms with Crippen molar-refractivity contribution in [1.29, 1.82) is 0 Å². The second-order valence-electron chi connectivity index (χ2n) is 6.34. The minimum absolute atomic E-state index is 0.128. The van der Waals surface area contributed by atoms with Crippen LogP contribution in [0.25, 0.3) is 5.69 Å². The Morgan fingerprint density at radius 1 is 1.12 bits per heavy atom. The van der Waals surface area contributed by atoms with Gasteiger partial charge in [0.1, 0.15) is 5.69 Å². The molecule has 1 aromatic heterocycles. The van der Waals surface area contributed by atoms with Crippen LogP contribution in [0.4, 0.5) is 5.69 Å². The van der Waals surface area contributed by atoms with Crippen molar-refractivity contribution in [2.75, 3.05) is 5.32 Å². The fourth-order valence-electron chi connectivity index (χ4n) is 3.24. The van der Waals surface area contributed by atoms with Crippen molar-refractivity contribution in [1.82, 2.24) is 9.36 Å². The van der Waals surface area contributed by atoms with Crippen LogP contribution in [0, 0.1) is 6.92 Å². The van der Waals surface area contributed by atoms with Crippen molar-refractivity contribution in [2.45, 2.75) is 23.5 Å². The van der Waals surface area contributed by atoms with Crippen molar-refractivity contribution in [2.24, 2.45) is 7.05 Å². The standard InChI is InChI=1S/C20H19N3O2S/c1-13-18(20(25)23(22(13)2)15-9-4-3-5-10-15)21-19(24)17-12-14-8-6-7-11-16(14)26-17/h3-11,17H,12H2,1-2H3,(H,21,24)/t17-/m0/s1. The van der Waals surface area contributed by atoms with E-state index < -0.39 is 0 Å². The molecule has 5 nitrogen and oxygen atoms in total. The Hall–Kier alpha value is -2.73. The van der Waals surface area contributed by atoms with Crippen LogP contribution in [-0.2, 0) is 18.3 Å². The smallest absolute Gasteiger partial charge is 0.295 e. The molecule has 1 N–H and O–H groups in total. The van der Waals surface area contributed by atoms with Crippen molar-refractivity contribution >= 4 is 23.4 Å². The van der Waals surface area contributed by atoms with Crippen LogP contribution in [0.5, 0.6) is 0 Å². The lowest BCUT2D eigenvalue weighted by atomic mass is 10.1. The topological polar surface area (TPSA) is 56.0 Å². The molecule has 1 aliphatic heterocycles. The van der Waals surface area contributed by atoms with Crippen molar-refractivity contribution in [3.05, 3.63) is 76.2 Å². The maximum atomic E-state index is 12.9. The number of hydrogen-bond acceptors (Lipinski definition) is 3. The van der Waals surface area contributed by atoms with E-state index in [0.717, 1.165) is 16.3 Å². The van der Waals surface area contributed by atoms with Crippen molar-refractivity contribution in [3.63, 3.8) is 0 Å². The predicted molar refractivity (Wildman–Crippen MR) is 104 cm³/mol. The number of carbonyl (C=O) groups excluding carboxylic acids is 1. The lowest BCUT2D eigenvalue weighted by Gasteiger charge is -2.09. The maximum absolute atomic E-state index is 12.9. The summed E-state index contributed by atoms with van der Waals surface area (Å²) in [6.07, 6.45) is 0.686. The molecule has 0 fully saturated rings. The second kappa shape index (κ2) is 6.53. The first-order valence-corrected chi connectivity index (χ1v) is 9.33. The summed E-state index contributed by atoms with van der Waals surface area (Å²) < 4.78 is 3.34. The number of anilines is 1. The van der Waals surface area contributed by atoms with E-state index in [1.54, 1.807) is 21.1 Å². The number of hydrogen-bond donors (Lipinski definition) is 1. The molecular weight excluding hydrogens is 346 g/mol. The number of nitrogens with zero attached hydrogens (tertiary/aromatic N) is 2. The Morgan fingerprint density at radius 2 is 1.81 bits per heavy atom. The summed E-state index contributed by atoms with van der Waals surface area (Å²) in [5.41, 5.74) is 2.81. The third-order valence-electron chi connectivity index (χ3n) is 4.74. The van der Waals surface area contributed by atoms with Gasteiger partial charge in [-0.25, -0.2) is 4.68 Å². The van der Waals surface area contributed by atoms with Gasteiger partial charge >= 0.3 is 0 Å². The number of rotatable bonds is 3. The third-order valence-corrected chi connectivity index (χ3v) is 6.06. The average Bonchev–Trinajstić information content (AvgIpc) is 3.18. The third kappa shape index (κ3) is 2.76. The van der Waals surface area contributed by atoms with Gasteiger partial charge in [-0.1, -0.05) is 36.4 Å². The van der Waals surface area contributed by atoms with E-state index in [1.807, 2.05) is 68.6 Å². The summed E-state index contributed by atoms with van der Waals surface area (Å²) >= 11 is 1.55. The zero-order valence-electron chi connectivity index (χ0n) is 14.6. The van der Waals surface area contributed by atoms with Crippen LogP contribution in [0.1, 0.15) is 11.3 Å². The van der Waals surface area contributed by atoms with Crippen LogP contribution < -0.4 is 10.9 Å². The first-order valence-electron chi connectivity index (χ1n) is 8.45. The number of aromatic nitrogens is 2. The SMILES string of the molecule is Cc1c(NC(=O)[C@@H]2Cc3ccccc3S2)c(=O)n(-c2ccccc2)n1C. The first-order chi connectivity index (χ1) is 12.6. The molecule has 0 unspecified atom stereocenters. The van der Waals surface area contributed by atoms with Gasteiger partial charge in [-0.05, 0) is 37.1 Å². The summed E-state index contributed by atoms with van der Waals surface area (Å²) in [5.74, 6) is -0.128. The molecule has 4 rings (SSSR count). The molecule has 0 radical (unpaired) electrons. The zero-order chi connectivity index (χ0) is 18.3. The zero-order valence-corrected chi connectivity index (χ0v) is 15.4. The molecule has 2 aromatic carbocycles. The fraction of sp³-hybridized carbons (Fsp3) is 0.200. The highest BCUT2D eigenvalue weighted by molar-refractivity contribution is 8.01. The number of carbonyl (C=O) groups is 1. The normalized spacial score (nSPS) is 15.7. The maximum Gasteiger partial charge on any atom is 0.295 e. The lowest BCUT2D eigenvalue weighted by Crippen LogP contribution is -2.28. The van der Waals surface area contributed by atoms with Gasteiger partial charge < -0.3 is 5.32 Å². The molecule has 0 bridgehead atoms. The number of para-hydroxylation sites is 1. The molecule has 1 aliphatic rings. The number of thioether (sulfide) groups is 1. The number of nitrogens with one attached hydrogen (secondary N) is 1. The molecule has 1 amide bonds. The van der Waals surface area contributed by atoms with E-state index in [9.17, 15) is 9.59 Å². The highest BCUT2D eigenvalue weighted by atomic mass is 32.2. The Labute approximate surface area is 155 Å². The van der Waals surface area contributed by atoms with E-state index in [1.165, 1.54) is 5.56 Å². The summed E-state index contributed by atoms with van der Waals surface area (Å²) in [6.45, 7) is 1.84. The van der Waals surface area contributed by atoms with Crippen LogP contribution in [0.2, 0.25) is 0 Å². The Balaban J connectivity index is 1.62. The molecule has 0 saturated heterocycles. The summed E-state index contributed by atoms with van der Waals surface area (Å²) in [6, 6.07) is 17.5. The number of fused-ring (bicyclic) bond motifs is 1. The molecule has 3 aromatic rings.